The van der Waals surface area contributed by atoms with E-state index in [4.69, 9.17) is 23.4 Å². The van der Waals surface area contributed by atoms with Crippen molar-refractivity contribution in [3.8, 4) is 0 Å². The Bertz CT molecular complexity index is 1150. The highest BCUT2D eigenvalue weighted by molar-refractivity contribution is 9.10. The number of carbonyl (C=O) groups excluding carboxylic acids is 1. The average molecular weight is 548 g/mol. The molecule has 0 unspecified atom stereocenters. The summed E-state index contributed by atoms with van der Waals surface area (Å²) in [5.41, 5.74) is -0.467. The van der Waals surface area contributed by atoms with E-state index >= 15 is 0 Å². The van der Waals surface area contributed by atoms with Crippen molar-refractivity contribution >= 4 is 58.1 Å². The number of hydrogen-bond donors (Lipinski definition) is 0. The predicted molar refractivity (Wildman–Crippen MR) is 143 cm³/mol. The maximum atomic E-state index is 13.3. The highest BCUT2D eigenvalue weighted by Gasteiger charge is 2.54. The van der Waals surface area contributed by atoms with Crippen LogP contribution in [0.4, 0.5) is 4.79 Å². The van der Waals surface area contributed by atoms with E-state index in [1.807, 2.05) is 88.3 Å². The third-order valence-corrected chi connectivity index (χ3v) is 8.16. The number of nitrogens with zero attached hydrogens (tertiary/aromatic N) is 1. The molecule has 0 amide bonds. The van der Waals surface area contributed by atoms with Gasteiger partial charge in [-0.3, -0.25) is 4.57 Å². The quantitative estimate of drug-likeness (QED) is 0.504. The molecule has 7 nitrogen and oxygen atoms in total. The number of carbonyl (C=O) groups is 1. The summed E-state index contributed by atoms with van der Waals surface area (Å²) < 4.78 is 33.2. The summed E-state index contributed by atoms with van der Waals surface area (Å²) in [6, 6.07) is 3.89. The monoisotopic (exact) mass is 547 g/mol. The molecule has 10 heteroatoms. The Hall–Kier alpha value is -1.32. The van der Waals surface area contributed by atoms with Crippen LogP contribution < -0.4 is 10.9 Å². The van der Waals surface area contributed by atoms with Crippen molar-refractivity contribution in [3.05, 3.63) is 22.8 Å². The maximum Gasteiger partial charge on any atom is 0.497 e. The van der Waals surface area contributed by atoms with Crippen LogP contribution in [-0.4, -0.2) is 52.9 Å². The third-order valence-electron chi connectivity index (χ3n) is 7.53. The third kappa shape index (κ3) is 4.61. The summed E-state index contributed by atoms with van der Waals surface area (Å²) >= 11 is 3.74. The average Bonchev–Trinajstić information content (AvgIpc) is 3.21. The van der Waals surface area contributed by atoms with Crippen molar-refractivity contribution in [2.45, 2.75) is 104 Å². The molecule has 35 heavy (non-hydrogen) atoms. The number of halogens is 1. The summed E-state index contributed by atoms with van der Waals surface area (Å²) in [6.07, 6.45) is 1.27. The smallest absolute Gasteiger partial charge is 0.443 e. The highest BCUT2D eigenvalue weighted by Crippen LogP contribution is 2.39. The zero-order valence-electron chi connectivity index (χ0n) is 22.7. The summed E-state index contributed by atoms with van der Waals surface area (Å²) in [4.78, 5) is 13.3. The van der Waals surface area contributed by atoms with E-state index in [0.29, 0.717) is 5.52 Å². The highest BCUT2D eigenvalue weighted by atomic mass is 79.9. The number of fused-ring (bicyclic) bond motifs is 1. The van der Waals surface area contributed by atoms with Crippen LogP contribution in [0.25, 0.3) is 10.9 Å². The van der Waals surface area contributed by atoms with Crippen molar-refractivity contribution in [1.82, 2.24) is 4.57 Å². The van der Waals surface area contributed by atoms with Crippen LogP contribution in [0.1, 0.15) is 76.2 Å². The van der Waals surface area contributed by atoms with Gasteiger partial charge in [0.2, 0.25) is 0 Å². The Kier molecular flexibility index (Phi) is 6.18. The first-order chi connectivity index (χ1) is 15.7. The van der Waals surface area contributed by atoms with E-state index in [2.05, 4.69) is 15.9 Å². The summed E-state index contributed by atoms with van der Waals surface area (Å²) in [7, 11) is -1.23. The molecule has 0 bridgehead atoms. The number of hydrogen-bond acceptors (Lipinski definition) is 6. The molecular weight excluding hydrogens is 512 g/mol. The molecule has 1 aromatic carbocycles. The van der Waals surface area contributed by atoms with Crippen molar-refractivity contribution in [2.75, 3.05) is 0 Å². The Balaban J connectivity index is 1.86. The van der Waals surface area contributed by atoms with Gasteiger partial charge in [0.25, 0.3) is 0 Å². The fourth-order valence-corrected chi connectivity index (χ4v) is 4.78. The van der Waals surface area contributed by atoms with Gasteiger partial charge in [-0.1, -0.05) is 15.9 Å². The first-order valence-electron chi connectivity index (χ1n) is 12.0. The van der Waals surface area contributed by atoms with Gasteiger partial charge in [-0.2, -0.15) is 0 Å². The number of benzene rings is 1. The lowest BCUT2D eigenvalue weighted by atomic mass is 9.76. The lowest BCUT2D eigenvalue weighted by Crippen LogP contribution is -2.41. The van der Waals surface area contributed by atoms with Gasteiger partial charge in [0.1, 0.15) is 5.60 Å². The largest absolute Gasteiger partial charge is 0.497 e. The molecule has 0 atom stereocenters. The van der Waals surface area contributed by atoms with Crippen molar-refractivity contribution in [3.63, 3.8) is 0 Å². The molecule has 2 aliphatic heterocycles. The van der Waals surface area contributed by atoms with Crippen LogP contribution in [0, 0.1) is 0 Å². The van der Waals surface area contributed by atoms with E-state index in [0.717, 1.165) is 20.8 Å². The molecular formula is C25H36B2BrNO6. The number of rotatable bonds is 2. The molecule has 0 radical (unpaired) electrons. The normalized spacial score (nSPS) is 22.7. The van der Waals surface area contributed by atoms with Gasteiger partial charge < -0.3 is 23.4 Å². The standard InChI is InChI=1S/C25H36B2BrNO6/c1-21(2,3)31-20(30)29-14-16(27-34-24(8,9)25(10,11)35-27)19-17(28)12-15(13-18(19)29)26-32-22(4,5)23(6,7)33-26/h12-14H,1-11H3. The van der Waals surface area contributed by atoms with Crippen LogP contribution >= 0.6 is 15.9 Å². The van der Waals surface area contributed by atoms with Crippen molar-refractivity contribution in [1.29, 1.82) is 0 Å². The van der Waals surface area contributed by atoms with E-state index in [1.54, 1.807) is 6.20 Å². The molecule has 2 aliphatic rings. The second-order valence-corrected chi connectivity index (χ2v) is 13.4. The molecule has 4 rings (SSSR count). The molecule has 0 saturated carbocycles. The summed E-state index contributed by atoms with van der Waals surface area (Å²) in [6.45, 7) is 21.6. The fraction of sp³-hybridized carbons (Fsp3) is 0.640. The summed E-state index contributed by atoms with van der Waals surface area (Å²) in [5.74, 6) is 0. The first kappa shape index (κ1) is 26.7. The zero-order valence-corrected chi connectivity index (χ0v) is 24.2. The Morgan fingerprint density at radius 1 is 0.857 bits per heavy atom. The predicted octanol–water partition coefficient (Wildman–Crippen LogP) is 4.79. The van der Waals surface area contributed by atoms with Gasteiger partial charge in [0, 0.05) is 21.5 Å². The number of aromatic nitrogens is 1. The van der Waals surface area contributed by atoms with E-state index < -0.39 is 48.3 Å². The topological polar surface area (TPSA) is 68.2 Å². The van der Waals surface area contributed by atoms with Gasteiger partial charge in [0.15, 0.2) is 0 Å². The SMILES string of the molecule is CC(C)(C)OC(=O)n1cc(B2OC(C)(C)C(C)(C)O2)c2c(Br)cc(B3OC(C)(C)C(C)(C)O3)cc21. The lowest BCUT2D eigenvalue weighted by Gasteiger charge is -2.32. The van der Waals surface area contributed by atoms with Gasteiger partial charge >= 0.3 is 20.3 Å². The second kappa shape index (κ2) is 8.09. The van der Waals surface area contributed by atoms with Crippen LogP contribution in [0.3, 0.4) is 0 Å². The van der Waals surface area contributed by atoms with Crippen LogP contribution in [0.15, 0.2) is 22.8 Å². The van der Waals surface area contributed by atoms with E-state index in [-0.39, 0.29) is 0 Å². The number of ether oxygens (including phenoxy) is 1. The summed E-state index contributed by atoms with van der Waals surface area (Å²) in [5, 5.41) is 0.814. The van der Waals surface area contributed by atoms with Gasteiger partial charge in [-0.25, -0.2) is 4.79 Å². The van der Waals surface area contributed by atoms with Crippen LogP contribution in [0.2, 0.25) is 0 Å². The molecule has 3 heterocycles. The first-order valence-corrected chi connectivity index (χ1v) is 12.8. The molecule has 2 fully saturated rings. The molecule has 2 saturated heterocycles. The second-order valence-electron chi connectivity index (χ2n) is 12.5. The van der Waals surface area contributed by atoms with Crippen LogP contribution in [-0.2, 0) is 23.4 Å². The Morgan fingerprint density at radius 2 is 1.31 bits per heavy atom. The molecule has 0 N–H and O–H groups in total. The maximum absolute atomic E-state index is 13.3. The minimum atomic E-state index is -0.654. The fourth-order valence-electron chi connectivity index (χ4n) is 4.09. The molecule has 1 aromatic heterocycles. The van der Waals surface area contributed by atoms with Crippen LogP contribution in [0.5, 0.6) is 0 Å². The molecule has 0 spiro atoms. The van der Waals surface area contributed by atoms with Gasteiger partial charge in [-0.05, 0) is 93.8 Å². The van der Waals surface area contributed by atoms with Crippen molar-refractivity contribution < 1.29 is 28.1 Å². The van der Waals surface area contributed by atoms with Crippen molar-refractivity contribution in [2.24, 2.45) is 0 Å². The van der Waals surface area contributed by atoms with E-state index in [9.17, 15) is 4.79 Å². The lowest BCUT2D eigenvalue weighted by molar-refractivity contribution is 0.00578. The molecule has 0 aliphatic carbocycles. The van der Waals surface area contributed by atoms with Gasteiger partial charge in [-0.15, -0.1) is 0 Å². The Labute approximate surface area is 217 Å². The van der Waals surface area contributed by atoms with E-state index in [1.165, 1.54) is 4.57 Å². The Morgan fingerprint density at radius 3 is 1.77 bits per heavy atom. The minimum absolute atomic E-state index is 0.483. The minimum Gasteiger partial charge on any atom is -0.443 e. The zero-order chi connectivity index (χ0) is 26.4. The molecule has 2 aromatic rings. The van der Waals surface area contributed by atoms with Gasteiger partial charge in [0.05, 0.1) is 27.9 Å². The molecule has 190 valence electrons.